The van der Waals surface area contributed by atoms with Gasteiger partial charge >= 0.3 is 5.97 Å². The monoisotopic (exact) mass is 419 g/mol. The number of esters is 1. The highest BCUT2D eigenvalue weighted by Crippen LogP contribution is 2.28. The second kappa shape index (κ2) is 8.82. The number of ether oxygens (including phenoxy) is 2. The van der Waals surface area contributed by atoms with Crippen LogP contribution >= 0.6 is 0 Å². The molecule has 156 valence electrons. The molecule has 0 spiro atoms. The van der Waals surface area contributed by atoms with E-state index in [1.807, 2.05) is 0 Å². The number of benzene rings is 1. The molecule has 1 aromatic carbocycles. The molecule has 8 heteroatoms. The summed E-state index contributed by atoms with van der Waals surface area (Å²) in [5.41, 5.74) is 0.304. The summed E-state index contributed by atoms with van der Waals surface area (Å²) < 4.78 is 35.6. The SMILES string of the molecule is CCOC(=O)[C@H]1CC[C@H](Oc2ccn(-c3ccc(S(C)(=O)=O)cc3)c(=O)c2)CC1. The number of pyridine rings is 1. The van der Waals surface area contributed by atoms with Crippen molar-refractivity contribution < 1.29 is 22.7 Å². The zero-order valence-corrected chi connectivity index (χ0v) is 17.4. The third kappa shape index (κ3) is 5.26. The van der Waals surface area contributed by atoms with Gasteiger partial charge in [-0.1, -0.05) is 0 Å². The Morgan fingerprint density at radius 1 is 1.10 bits per heavy atom. The zero-order valence-electron chi connectivity index (χ0n) is 16.5. The third-order valence-corrected chi connectivity index (χ3v) is 6.16. The molecule has 7 nitrogen and oxygen atoms in total. The Balaban J connectivity index is 1.65. The van der Waals surface area contributed by atoms with Crippen molar-refractivity contribution in [1.82, 2.24) is 4.57 Å². The van der Waals surface area contributed by atoms with Crippen LogP contribution in [-0.2, 0) is 19.4 Å². The molecule has 29 heavy (non-hydrogen) atoms. The number of carbonyl (C=O) groups excluding carboxylic acids is 1. The number of hydrogen-bond acceptors (Lipinski definition) is 6. The van der Waals surface area contributed by atoms with Crippen LogP contribution in [0.4, 0.5) is 0 Å². The molecule has 0 saturated heterocycles. The van der Waals surface area contributed by atoms with Crippen LogP contribution in [0, 0.1) is 5.92 Å². The normalized spacial score (nSPS) is 19.5. The summed E-state index contributed by atoms with van der Waals surface area (Å²) in [6.45, 7) is 2.19. The molecule has 1 heterocycles. The molecule has 1 aromatic heterocycles. The first-order valence-corrected chi connectivity index (χ1v) is 11.5. The van der Waals surface area contributed by atoms with Gasteiger partial charge < -0.3 is 9.47 Å². The van der Waals surface area contributed by atoms with Gasteiger partial charge in [-0.15, -0.1) is 0 Å². The summed E-state index contributed by atoms with van der Waals surface area (Å²) in [6, 6.07) is 9.27. The maximum absolute atomic E-state index is 12.5. The molecule has 0 bridgehead atoms. The molecular weight excluding hydrogens is 394 g/mol. The van der Waals surface area contributed by atoms with E-state index in [0.29, 0.717) is 30.9 Å². The average Bonchev–Trinajstić information content (AvgIpc) is 2.68. The molecule has 0 radical (unpaired) electrons. The summed E-state index contributed by atoms with van der Waals surface area (Å²) >= 11 is 0. The van der Waals surface area contributed by atoms with Crippen molar-refractivity contribution in [3.05, 3.63) is 52.9 Å². The van der Waals surface area contributed by atoms with Crippen molar-refractivity contribution >= 4 is 15.8 Å². The summed E-state index contributed by atoms with van der Waals surface area (Å²) in [5.74, 6) is 0.270. The van der Waals surface area contributed by atoms with Crippen molar-refractivity contribution in [2.45, 2.75) is 43.6 Å². The Labute approximate surface area is 170 Å². The van der Waals surface area contributed by atoms with Crippen LogP contribution in [0.1, 0.15) is 32.6 Å². The molecule has 0 aliphatic heterocycles. The molecule has 0 unspecified atom stereocenters. The summed E-state index contributed by atoms with van der Waals surface area (Å²) in [5, 5.41) is 0. The maximum atomic E-state index is 12.5. The summed E-state index contributed by atoms with van der Waals surface area (Å²) in [7, 11) is -3.28. The fourth-order valence-electron chi connectivity index (χ4n) is 3.47. The van der Waals surface area contributed by atoms with E-state index in [1.54, 1.807) is 31.3 Å². The lowest BCUT2D eigenvalue weighted by atomic mass is 9.87. The lowest BCUT2D eigenvalue weighted by Crippen LogP contribution is -2.29. The minimum Gasteiger partial charge on any atom is -0.490 e. The maximum Gasteiger partial charge on any atom is 0.308 e. The first kappa shape index (κ1) is 21.1. The Bertz CT molecular complexity index is 1020. The number of rotatable bonds is 6. The van der Waals surface area contributed by atoms with Crippen LogP contribution in [0.25, 0.3) is 5.69 Å². The summed E-state index contributed by atoms with van der Waals surface area (Å²) in [6.07, 6.45) is 5.61. The van der Waals surface area contributed by atoms with Crippen molar-refractivity contribution in [3.8, 4) is 11.4 Å². The highest BCUT2D eigenvalue weighted by atomic mass is 32.2. The van der Waals surface area contributed by atoms with Crippen LogP contribution in [0.3, 0.4) is 0 Å². The van der Waals surface area contributed by atoms with E-state index in [-0.39, 0.29) is 28.4 Å². The lowest BCUT2D eigenvalue weighted by molar-refractivity contribution is -0.149. The molecule has 1 aliphatic rings. The number of nitrogens with zero attached hydrogens (tertiary/aromatic N) is 1. The molecule has 1 fully saturated rings. The first-order chi connectivity index (χ1) is 13.8. The fraction of sp³-hybridized carbons (Fsp3) is 0.429. The van der Waals surface area contributed by atoms with Gasteiger partial charge in [-0.2, -0.15) is 0 Å². The van der Waals surface area contributed by atoms with Crippen molar-refractivity contribution in [2.75, 3.05) is 12.9 Å². The van der Waals surface area contributed by atoms with Gasteiger partial charge in [-0.3, -0.25) is 14.2 Å². The van der Waals surface area contributed by atoms with E-state index in [4.69, 9.17) is 9.47 Å². The van der Waals surface area contributed by atoms with Gasteiger partial charge in [0.05, 0.1) is 23.5 Å². The van der Waals surface area contributed by atoms with Gasteiger partial charge in [0.25, 0.3) is 5.56 Å². The minimum absolute atomic E-state index is 0.0371. The Morgan fingerprint density at radius 3 is 2.31 bits per heavy atom. The smallest absolute Gasteiger partial charge is 0.308 e. The second-order valence-corrected chi connectivity index (χ2v) is 9.20. The first-order valence-electron chi connectivity index (χ1n) is 9.64. The molecule has 1 saturated carbocycles. The van der Waals surface area contributed by atoms with Gasteiger partial charge in [0.15, 0.2) is 9.84 Å². The molecule has 0 N–H and O–H groups in total. The molecule has 3 rings (SSSR count). The van der Waals surface area contributed by atoms with Gasteiger partial charge in [0.2, 0.25) is 0 Å². The third-order valence-electron chi connectivity index (χ3n) is 5.03. The topological polar surface area (TPSA) is 91.7 Å². The second-order valence-electron chi connectivity index (χ2n) is 7.18. The molecule has 1 aliphatic carbocycles. The number of aromatic nitrogens is 1. The molecule has 0 atom stereocenters. The molecule has 0 amide bonds. The van der Waals surface area contributed by atoms with Gasteiger partial charge in [0.1, 0.15) is 5.75 Å². The highest BCUT2D eigenvalue weighted by molar-refractivity contribution is 7.90. The predicted molar refractivity (Wildman–Crippen MR) is 108 cm³/mol. The van der Waals surface area contributed by atoms with E-state index < -0.39 is 9.84 Å². The number of carbonyl (C=O) groups is 1. The predicted octanol–water partition coefficient (Wildman–Crippen LogP) is 2.74. The van der Waals surface area contributed by atoms with E-state index in [0.717, 1.165) is 19.1 Å². The Hall–Kier alpha value is -2.61. The average molecular weight is 419 g/mol. The van der Waals surface area contributed by atoms with E-state index >= 15 is 0 Å². The van der Waals surface area contributed by atoms with Crippen LogP contribution in [-0.4, -0.2) is 37.9 Å². The van der Waals surface area contributed by atoms with Gasteiger partial charge in [-0.05, 0) is 62.9 Å². The van der Waals surface area contributed by atoms with E-state index in [9.17, 15) is 18.0 Å². The van der Waals surface area contributed by atoms with Crippen LogP contribution in [0.2, 0.25) is 0 Å². The summed E-state index contributed by atoms with van der Waals surface area (Å²) in [4.78, 5) is 24.5. The van der Waals surface area contributed by atoms with Crippen LogP contribution < -0.4 is 10.3 Å². The van der Waals surface area contributed by atoms with Gasteiger partial charge in [-0.25, -0.2) is 8.42 Å². The zero-order chi connectivity index (χ0) is 21.0. The van der Waals surface area contributed by atoms with Gasteiger partial charge in [0, 0.05) is 24.2 Å². The molecular formula is C21H25NO6S. The van der Waals surface area contributed by atoms with Crippen molar-refractivity contribution in [1.29, 1.82) is 0 Å². The van der Waals surface area contributed by atoms with Crippen molar-refractivity contribution in [3.63, 3.8) is 0 Å². The van der Waals surface area contributed by atoms with Crippen LogP contribution in [0.15, 0.2) is 52.3 Å². The number of sulfone groups is 1. The van der Waals surface area contributed by atoms with E-state index in [2.05, 4.69) is 0 Å². The van der Waals surface area contributed by atoms with Crippen LogP contribution in [0.5, 0.6) is 5.75 Å². The van der Waals surface area contributed by atoms with Crippen molar-refractivity contribution in [2.24, 2.45) is 5.92 Å². The quantitative estimate of drug-likeness (QED) is 0.669. The molecule has 2 aromatic rings. The number of hydrogen-bond donors (Lipinski definition) is 0. The standard InChI is InChI=1S/C21H25NO6S/c1-3-27-21(24)15-4-8-17(9-5-15)28-18-12-13-22(20(23)14-18)16-6-10-19(11-7-16)29(2,25)26/h6-7,10-15,17H,3-5,8-9H2,1-2H3/t15-,17-. The Kier molecular flexibility index (Phi) is 6.42. The minimum atomic E-state index is -3.28. The largest absolute Gasteiger partial charge is 0.490 e. The highest BCUT2D eigenvalue weighted by Gasteiger charge is 2.28. The lowest BCUT2D eigenvalue weighted by Gasteiger charge is -2.27. The fourth-order valence-corrected chi connectivity index (χ4v) is 4.10. The Morgan fingerprint density at radius 2 is 1.76 bits per heavy atom. The van der Waals surface area contributed by atoms with E-state index in [1.165, 1.54) is 22.8 Å².